The molecule has 1 aromatic carbocycles. The van der Waals surface area contributed by atoms with E-state index >= 15 is 0 Å². The molecule has 0 saturated heterocycles. The summed E-state index contributed by atoms with van der Waals surface area (Å²) < 4.78 is 0. The molecule has 0 amide bonds. The molecule has 3 heteroatoms. The standard InChI is InChI=1S/C11H17NO2/c1-3-8-6-9(14)4-5-10(8)11(12)7(2)13/h4-7,11,13-14H,3,12H2,1-2H3. The van der Waals surface area contributed by atoms with Crippen LogP contribution in [0, 0.1) is 0 Å². The highest BCUT2D eigenvalue weighted by Crippen LogP contribution is 2.23. The first kappa shape index (κ1) is 11.0. The fraction of sp³-hybridized carbons (Fsp3) is 0.455. The van der Waals surface area contributed by atoms with Crippen LogP contribution in [0.25, 0.3) is 0 Å². The zero-order chi connectivity index (χ0) is 10.7. The Labute approximate surface area is 84.2 Å². The van der Waals surface area contributed by atoms with E-state index in [1.165, 1.54) is 0 Å². The van der Waals surface area contributed by atoms with E-state index in [2.05, 4.69) is 0 Å². The number of benzene rings is 1. The van der Waals surface area contributed by atoms with Gasteiger partial charge in [-0.25, -0.2) is 0 Å². The highest BCUT2D eigenvalue weighted by molar-refractivity contribution is 5.37. The Kier molecular flexibility index (Phi) is 3.49. The minimum absolute atomic E-state index is 0.239. The molecule has 0 heterocycles. The zero-order valence-corrected chi connectivity index (χ0v) is 8.57. The molecule has 0 spiro atoms. The first-order valence-corrected chi connectivity index (χ1v) is 4.81. The maximum atomic E-state index is 9.38. The van der Waals surface area contributed by atoms with Gasteiger partial charge in [-0.1, -0.05) is 13.0 Å². The van der Waals surface area contributed by atoms with E-state index in [1.807, 2.05) is 6.92 Å². The molecule has 0 aliphatic heterocycles. The van der Waals surface area contributed by atoms with Gasteiger partial charge in [0.15, 0.2) is 0 Å². The summed E-state index contributed by atoms with van der Waals surface area (Å²) in [7, 11) is 0. The lowest BCUT2D eigenvalue weighted by atomic mass is 9.96. The Morgan fingerprint density at radius 1 is 1.43 bits per heavy atom. The fourth-order valence-corrected chi connectivity index (χ4v) is 1.48. The Bertz CT molecular complexity index is 310. The Morgan fingerprint density at radius 2 is 2.07 bits per heavy atom. The number of aliphatic hydroxyl groups is 1. The summed E-state index contributed by atoms with van der Waals surface area (Å²) in [5, 5.41) is 18.7. The smallest absolute Gasteiger partial charge is 0.115 e. The molecule has 1 rings (SSSR count). The Morgan fingerprint density at radius 3 is 2.57 bits per heavy atom. The average Bonchev–Trinajstić information content (AvgIpc) is 2.16. The lowest BCUT2D eigenvalue weighted by Gasteiger charge is -2.18. The minimum atomic E-state index is -0.579. The quantitative estimate of drug-likeness (QED) is 0.681. The molecule has 2 atom stereocenters. The van der Waals surface area contributed by atoms with Gasteiger partial charge in [0.05, 0.1) is 12.1 Å². The molecular weight excluding hydrogens is 178 g/mol. The van der Waals surface area contributed by atoms with Crippen molar-refractivity contribution < 1.29 is 10.2 Å². The molecule has 0 radical (unpaired) electrons. The van der Waals surface area contributed by atoms with Gasteiger partial charge in [-0.05, 0) is 36.6 Å². The summed E-state index contributed by atoms with van der Waals surface area (Å²) in [6.07, 6.45) is 0.217. The van der Waals surface area contributed by atoms with Gasteiger partial charge in [-0.2, -0.15) is 0 Å². The predicted molar refractivity (Wildman–Crippen MR) is 56.1 cm³/mol. The highest BCUT2D eigenvalue weighted by atomic mass is 16.3. The molecule has 78 valence electrons. The van der Waals surface area contributed by atoms with Crippen LogP contribution in [0.1, 0.15) is 31.0 Å². The van der Waals surface area contributed by atoms with Crippen molar-refractivity contribution in [3.8, 4) is 5.75 Å². The number of aromatic hydroxyl groups is 1. The van der Waals surface area contributed by atoms with Crippen LogP contribution < -0.4 is 5.73 Å². The number of rotatable bonds is 3. The third kappa shape index (κ3) is 2.25. The van der Waals surface area contributed by atoms with E-state index in [0.717, 1.165) is 17.5 Å². The van der Waals surface area contributed by atoms with E-state index in [0.29, 0.717) is 0 Å². The summed E-state index contributed by atoms with van der Waals surface area (Å²) in [5.41, 5.74) is 7.72. The molecule has 0 saturated carbocycles. The van der Waals surface area contributed by atoms with E-state index in [4.69, 9.17) is 5.73 Å². The number of hydrogen-bond acceptors (Lipinski definition) is 3. The number of phenolic OH excluding ortho intramolecular Hbond substituents is 1. The maximum absolute atomic E-state index is 9.38. The summed E-state index contributed by atoms with van der Waals surface area (Å²) >= 11 is 0. The van der Waals surface area contributed by atoms with Crippen LogP contribution in [0.4, 0.5) is 0 Å². The molecule has 3 nitrogen and oxygen atoms in total. The van der Waals surface area contributed by atoms with Crippen molar-refractivity contribution in [3.05, 3.63) is 29.3 Å². The number of nitrogens with two attached hydrogens (primary N) is 1. The van der Waals surface area contributed by atoms with E-state index in [-0.39, 0.29) is 11.8 Å². The van der Waals surface area contributed by atoms with Gasteiger partial charge in [-0.15, -0.1) is 0 Å². The maximum Gasteiger partial charge on any atom is 0.115 e. The second-order valence-electron chi connectivity index (χ2n) is 3.50. The SMILES string of the molecule is CCc1cc(O)ccc1C(N)C(C)O. The fourth-order valence-electron chi connectivity index (χ4n) is 1.48. The minimum Gasteiger partial charge on any atom is -0.508 e. The summed E-state index contributed by atoms with van der Waals surface area (Å²) in [6.45, 7) is 3.66. The van der Waals surface area contributed by atoms with Gasteiger partial charge in [0.2, 0.25) is 0 Å². The van der Waals surface area contributed by atoms with Crippen LogP contribution in [-0.4, -0.2) is 16.3 Å². The molecule has 0 bridgehead atoms. The third-order valence-electron chi connectivity index (χ3n) is 2.39. The second kappa shape index (κ2) is 4.44. The molecular formula is C11H17NO2. The van der Waals surface area contributed by atoms with E-state index in [9.17, 15) is 10.2 Å². The van der Waals surface area contributed by atoms with Crippen LogP contribution in [0.5, 0.6) is 5.75 Å². The van der Waals surface area contributed by atoms with Crippen molar-refractivity contribution in [2.75, 3.05) is 0 Å². The number of phenols is 1. The van der Waals surface area contributed by atoms with Crippen molar-refractivity contribution in [1.29, 1.82) is 0 Å². The largest absolute Gasteiger partial charge is 0.508 e. The summed E-state index contributed by atoms with van der Waals surface area (Å²) in [5.74, 6) is 0.239. The molecule has 1 aromatic rings. The predicted octanol–water partition coefficient (Wildman–Crippen LogP) is 1.34. The molecule has 4 N–H and O–H groups in total. The second-order valence-corrected chi connectivity index (χ2v) is 3.50. The monoisotopic (exact) mass is 195 g/mol. The van der Waals surface area contributed by atoms with Gasteiger partial charge < -0.3 is 15.9 Å². The third-order valence-corrected chi connectivity index (χ3v) is 2.39. The summed E-state index contributed by atoms with van der Waals surface area (Å²) in [4.78, 5) is 0. The van der Waals surface area contributed by atoms with Crippen LogP contribution in [0.15, 0.2) is 18.2 Å². The van der Waals surface area contributed by atoms with Gasteiger partial charge in [0.1, 0.15) is 5.75 Å². The molecule has 14 heavy (non-hydrogen) atoms. The Hall–Kier alpha value is -1.06. The molecule has 0 aliphatic carbocycles. The van der Waals surface area contributed by atoms with Gasteiger partial charge in [-0.3, -0.25) is 0 Å². The van der Waals surface area contributed by atoms with Crippen molar-refractivity contribution in [1.82, 2.24) is 0 Å². The van der Waals surface area contributed by atoms with Crippen molar-refractivity contribution in [2.45, 2.75) is 32.4 Å². The van der Waals surface area contributed by atoms with Crippen LogP contribution >= 0.6 is 0 Å². The van der Waals surface area contributed by atoms with E-state index in [1.54, 1.807) is 25.1 Å². The topological polar surface area (TPSA) is 66.5 Å². The number of hydrogen-bond donors (Lipinski definition) is 3. The lowest BCUT2D eigenvalue weighted by Crippen LogP contribution is -2.24. The average molecular weight is 195 g/mol. The van der Waals surface area contributed by atoms with Crippen molar-refractivity contribution in [2.24, 2.45) is 5.73 Å². The number of aryl methyl sites for hydroxylation is 1. The normalized spacial score (nSPS) is 15.1. The molecule has 2 unspecified atom stereocenters. The number of aliphatic hydroxyl groups excluding tert-OH is 1. The van der Waals surface area contributed by atoms with Crippen molar-refractivity contribution >= 4 is 0 Å². The first-order valence-electron chi connectivity index (χ1n) is 4.81. The van der Waals surface area contributed by atoms with Crippen LogP contribution in [0.3, 0.4) is 0 Å². The van der Waals surface area contributed by atoms with Gasteiger partial charge in [0, 0.05) is 0 Å². The molecule has 0 fully saturated rings. The van der Waals surface area contributed by atoms with Crippen molar-refractivity contribution in [3.63, 3.8) is 0 Å². The first-order chi connectivity index (χ1) is 6.56. The Balaban J connectivity index is 3.07. The van der Waals surface area contributed by atoms with Gasteiger partial charge >= 0.3 is 0 Å². The zero-order valence-electron chi connectivity index (χ0n) is 8.57. The lowest BCUT2D eigenvalue weighted by molar-refractivity contribution is 0.164. The van der Waals surface area contributed by atoms with Gasteiger partial charge in [0.25, 0.3) is 0 Å². The molecule has 0 aromatic heterocycles. The molecule has 0 aliphatic rings. The van der Waals surface area contributed by atoms with E-state index < -0.39 is 6.10 Å². The van der Waals surface area contributed by atoms with Crippen LogP contribution in [0.2, 0.25) is 0 Å². The van der Waals surface area contributed by atoms with Crippen LogP contribution in [-0.2, 0) is 6.42 Å². The highest BCUT2D eigenvalue weighted by Gasteiger charge is 2.15. The summed E-state index contributed by atoms with van der Waals surface area (Å²) in [6, 6.07) is 4.67.